The van der Waals surface area contributed by atoms with Crippen LogP contribution in [-0.4, -0.2) is 44.9 Å². The molecule has 1 atom stereocenters. The van der Waals surface area contributed by atoms with Crippen LogP contribution in [0.1, 0.15) is 72.9 Å². The van der Waals surface area contributed by atoms with Crippen LogP contribution in [-0.2, 0) is 24.4 Å². The van der Waals surface area contributed by atoms with Crippen LogP contribution in [0, 0.1) is 0 Å². The molecule has 0 aliphatic carbocycles. The van der Waals surface area contributed by atoms with E-state index < -0.39 is 21.8 Å². The number of amides is 2. The summed E-state index contributed by atoms with van der Waals surface area (Å²) < 4.78 is 26.8. The van der Waals surface area contributed by atoms with Crippen LogP contribution < -0.4 is 15.9 Å². The lowest BCUT2D eigenvalue weighted by Gasteiger charge is -2.13. The Morgan fingerprint density at radius 1 is 0.889 bits per heavy atom. The van der Waals surface area contributed by atoms with Gasteiger partial charge >= 0.3 is 0 Å². The van der Waals surface area contributed by atoms with E-state index in [1.54, 1.807) is 55.5 Å². The first-order valence-electron chi connectivity index (χ1n) is 12.1. The number of hydrogen-bond donors (Lipinski definition) is 3. The molecule has 0 aliphatic rings. The van der Waals surface area contributed by atoms with E-state index in [-0.39, 0.29) is 17.4 Å². The second-order valence-corrected chi connectivity index (χ2v) is 10.4. The third-order valence-electron chi connectivity index (χ3n) is 5.69. The molecule has 0 aliphatic heterocycles. The van der Waals surface area contributed by atoms with Gasteiger partial charge < -0.3 is 10.2 Å². The largest absolute Gasteiger partial charge is 0.356 e. The Kier molecular flexibility index (Phi) is 12.2. The molecule has 1 unspecified atom stereocenters. The third-order valence-corrected chi connectivity index (χ3v) is 7.02. The quantitative estimate of drug-likeness (QED) is 0.176. The van der Waals surface area contributed by atoms with E-state index in [1.165, 1.54) is 0 Å². The molecule has 0 spiro atoms. The predicted octanol–water partition coefficient (Wildman–Crippen LogP) is 2.81. The standard InChI is InChI=1S/C26H35N3O6S/c1-20(21-13-15-23(16-14-21)25(31)22-10-4-2-5-11-22)26(32)29-36(33,34)19-9-3-6-12-24(30)28-17-7-8-18-35-27/h2,4-5,10-11,13-16,20H,3,6-9,12,17-19,27H2,1H3,(H,28,30)(H,29,32). The number of carbonyl (C=O) groups excluding carboxylic acids is 3. The Morgan fingerprint density at radius 3 is 2.22 bits per heavy atom. The summed E-state index contributed by atoms with van der Waals surface area (Å²) >= 11 is 0. The maximum Gasteiger partial charge on any atom is 0.240 e. The molecule has 0 aromatic heterocycles. The first kappa shape index (κ1) is 29.2. The molecular weight excluding hydrogens is 482 g/mol. The third kappa shape index (κ3) is 10.3. The summed E-state index contributed by atoms with van der Waals surface area (Å²) in [4.78, 5) is 41.3. The van der Waals surface area contributed by atoms with Crippen molar-refractivity contribution >= 4 is 27.6 Å². The van der Waals surface area contributed by atoms with E-state index >= 15 is 0 Å². The van der Waals surface area contributed by atoms with Crippen molar-refractivity contribution in [2.75, 3.05) is 18.9 Å². The van der Waals surface area contributed by atoms with Crippen LogP contribution >= 0.6 is 0 Å². The van der Waals surface area contributed by atoms with Crippen LogP contribution in [0.25, 0.3) is 0 Å². The molecule has 0 saturated carbocycles. The Balaban J connectivity index is 1.73. The number of carbonyl (C=O) groups is 3. The van der Waals surface area contributed by atoms with E-state index in [0.717, 1.165) is 12.8 Å². The fourth-order valence-corrected chi connectivity index (χ4v) is 4.67. The van der Waals surface area contributed by atoms with Gasteiger partial charge in [0.25, 0.3) is 0 Å². The Morgan fingerprint density at radius 2 is 1.56 bits per heavy atom. The molecule has 2 rings (SSSR count). The van der Waals surface area contributed by atoms with E-state index in [4.69, 9.17) is 5.90 Å². The van der Waals surface area contributed by atoms with Gasteiger partial charge in [-0.3, -0.25) is 19.1 Å². The number of ketones is 1. The summed E-state index contributed by atoms with van der Waals surface area (Å²) in [5.74, 6) is 3.19. The van der Waals surface area contributed by atoms with Gasteiger partial charge in [0.1, 0.15) is 0 Å². The van der Waals surface area contributed by atoms with Crippen LogP contribution in [0.4, 0.5) is 0 Å². The van der Waals surface area contributed by atoms with Crippen LogP contribution in [0.15, 0.2) is 54.6 Å². The number of sulfonamides is 1. The zero-order valence-electron chi connectivity index (χ0n) is 20.6. The monoisotopic (exact) mass is 517 g/mol. The molecular formula is C26H35N3O6S. The van der Waals surface area contributed by atoms with Crippen LogP contribution in [0.3, 0.4) is 0 Å². The minimum atomic E-state index is -3.79. The van der Waals surface area contributed by atoms with Crippen molar-refractivity contribution in [3.8, 4) is 0 Å². The normalized spacial score (nSPS) is 12.1. The lowest BCUT2D eigenvalue weighted by atomic mass is 9.97. The number of hydrogen-bond acceptors (Lipinski definition) is 7. The van der Waals surface area contributed by atoms with Gasteiger partial charge in [-0.05, 0) is 38.2 Å². The first-order valence-corrected chi connectivity index (χ1v) is 13.7. The van der Waals surface area contributed by atoms with Crippen LogP contribution in [0.5, 0.6) is 0 Å². The molecule has 10 heteroatoms. The highest BCUT2D eigenvalue weighted by Gasteiger charge is 2.21. The molecule has 2 aromatic carbocycles. The van der Waals surface area contributed by atoms with Gasteiger partial charge in [0.2, 0.25) is 21.8 Å². The van der Waals surface area contributed by atoms with Gasteiger partial charge in [0, 0.05) is 24.1 Å². The number of nitrogens with two attached hydrogens (primary N) is 1. The second kappa shape index (κ2) is 15.1. The average Bonchev–Trinajstić information content (AvgIpc) is 2.87. The molecule has 36 heavy (non-hydrogen) atoms. The van der Waals surface area contributed by atoms with E-state index in [9.17, 15) is 22.8 Å². The van der Waals surface area contributed by atoms with Gasteiger partial charge in [-0.2, -0.15) is 0 Å². The molecule has 0 fully saturated rings. The first-order chi connectivity index (χ1) is 17.2. The molecule has 4 N–H and O–H groups in total. The maximum atomic E-state index is 12.5. The van der Waals surface area contributed by atoms with E-state index in [1.807, 2.05) is 6.07 Å². The Bertz CT molecular complexity index is 1090. The topological polar surface area (TPSA) is 145 Å². The Hall–Kier alpha value is -3.08. The van der Waals surface area contributed by atoms with Crippen molar-refractivity contribution in [3.05, 3.63) is 71.3 Å². The average molecular weight is 518 g/mol. The molecule has 0 radical (unpaired) electrons. The SMILES string of the molecule is CC(C(=O)NS(=O)(=O)CCCCCC(=O)NCCCCON)c1ccc(C(=O)c2ccccc2)cc1. The van der Waals surface area contributed by atoms with Gasteiger partial charge in [-0.1, -0.05) is 61.0 Å². The lowest BCUT2D eigenvalue weighted by molar-refractivity contribution is -0.121. The minimum Gasteiger partial charge on any atom is -0.356 e. The van der Waals surface area contributed by atoms with Crippen LogP contribution in [0.2, 0.25) is 0 Å². The summed E-state index contributed by atoms with van der Waals surface area (Å²) in [7, 11) is -3.79. The van der Waals surface area contributed by atoms with Crippen molar-refractivity contribution in [2.24, 2.45) is 5.90 Å². The Labute approximate surface area is 212 Å². The number of benzene rings is 2. The fraction of sp³-hybridized carbons (Fsp3) is 0.423. The maximum absolute atomic E-state index is 12.5. The van der Waals surface area contributed by atoms with Gasteiger partial charge in [-0.25, -0.2) is 14.3 Å². The molecule has 2 aromatic rings. The molecule has 9 nitrogen and oxygen atoms in total. The highest BCUT2D eigenvalue weighted by Crippen LogP contribution is 2.18. The molecule has 0 bridgehead atoms. The van der Waals surface area contributed by atoms with Crippen molar-refractivity contribution in [1.82, 2.24) is 10.0 Å². The van der Waals surface area contributed by atoms with Gasteiger partial charge in [0.15, 0.2) is 5.78 Å². The lowest BCUT2D eigenvalue weighted by Crippen LogP contribution is -2.35. The second-order valence-electron chi connectivity index (χ2n) is 8.56. The summed E-state index contributed by atoms with van der Waals surface area (Å²) in [5, 5.41) is 2.79. The zero-order chi connectivity index (χ0) is 26.4. The smallest absolute Gasteiger partial charge is 0.240 e. The van der Waals surface area contributed by atoms with Crippen molar-refractivity contribution < 1.29 is 27.6 Å². The van der Waals surface area contributed by atoms with Crippen molar-refractivity contribution in [3.63, 3.8) is 0 Å². The number of rotatable bonds is 16. The van der Waals surface area contributed by atoms with Crippen molar-refractivity contribution in [1.29, 1.82) is 0 Å². The molecule has 0 saturated heterocycles. The van der Waals surface area contributed by atoms with Crippen molar-refractivity contribution in [2.45, 2.75) is 51.4 Å². The number of nitrogens with one attached hydrogen (secondary N) is 2. The highest BCUT2D eigenvalue weighted by atomic mass is 32.2. The fourth-order valence-electron chi connectivity index (χ4n) is 3.50. The zero-order valence-corrected chi connectivity index (χ0v) is 21.4. The molecule has 0 heterocycles. The highest BCUT2D eigenvalue weighted by molar-refractivity contribution is 7.90. The summed E-state index contributed by atoms with van der Waals surface area (Å²) in [6.07, 6.45) is 3.31. The summed E-state index contributed by atoms with van der Waals surface area (Å²) in [6.45, 7) is 2.61. The predicted molar refractivity (Wildman–Crippen MR) is 138 cm³/mol. The molecule has 2 amide bonds. The number of unbranched alkanes of at least 4 members (excludes halogenated alkanes) is 3. The summed E-state index contributed by atoms with van der Waals surface area (Å²) in [6, 6.07) is 15.4. The molecule has 196 valence electrons. The van der Waals surface area contributed by atoms with E-state index in [0.29, 0.717) is 55.5 Å². The van der Waals surface area contributed by atoms with Gasteiger partial charge in [0.05, 0.1) is 18.3 Å². The minimum absolute atomic E-state index is 0.0786. The van der Waals surface area contributed by atoms with E-state index in [2.05, 4.69) is 14.9 Å². The summed E-state index contributed by atoms with van der Waals surface area (Å²) in [5.41, 5.74) is 1.66. The van der Waals surface area contributed by atoms with Gasteiger partial charge in [-0.15, -0.1) is 0 Å².